The molecule has 0 spiro atoms. The number of piperazine rings is 1. The van der Waals surface area contributed by atoms with E-state index in [0.717, 1.165) is 45.7 Å². The predicted molar refractivity (Wildman–Crippen MR) is 69.1 cm³/mol. The SMILES string of the molecule is CC(C(=O)C1CCCN(C)C1)N1CCNCC1. The molecular weight excluding hydrogens is 214 g/mol. The second-order valence-corrected chi connectivity index (χ2v) is 5.47. The summed E-state index contributed by atoms with van der Waals surface area (Å²) in [4.78, 5) is 17.1. The zero-order chi connectivity index (χ0) is 12.3. The molecule has 0 bridgehead atoms. The molecule has 2 saturated heterocycles. The van der Waals surface area contributed by atoms with Gasteiger partial charge in [-0.15, -0.1) is 0 Å². The van der Waals surface area contributed by atoms with Crippen LogP contribution in [0.5, 0.6) is 0 Å². The molecule has 0 aromatic carbocycles. The van der Waals surface area contributed by atoms with Gasteiger partial charge < -0.3 is 10.2 Å². The smallest absolute Gasteiger partial charge is 0.154 e. The highest BCUT2D eigenvalue weighted by atomic mass is 16.1. The second-order valence-electron chi connectivity index (χ2n) is 5.47. The fourth-order valence-corrected chi connectivity index (χ4v) is 2.99. The molecule has 4 nitrogen and oxygen atoms in total. The van der Waals surface area contributed by atoms with Gasteiger partial charge >= 0.3 is 0 Å². The molecule has 2 atom stereocenters. The number of hydrogen-bond donors (Lipinski definition) is 1. The van der Waals surface area contributed by atoms with Gasteiger partial charge in [-0.05, 0) is 33.4 Å². The molecular formula is C13H25N3O. The molecule has 0 saturated carbocycles. The molecule has 2 fully saturated rings. The van der Waals surface area contributed by atoms with E-state index in [9.17, 15) is 4.79 Å². The highest BCUT2D eigenvalue weighted by Gasteiger charge is 2.30. The Morgan fingerprint density at radius 3 is 2.65 bits per heavy atom. The number of Topliss-reactive ketones (excluding diaryl/α,β-unsaturated/α-hetero) is 1. The normalized spacial score (nSPS) is 30.1. The molecule has 17 heavy (non-hydrogen) atoms. The first-order valence-electron chi connectivity index (χ1n) is 6.85. The number of ketones is 1. The fraction of sp³-hybridized carbons (Fsp3) is 0.923. The molecule has 0 aliphatic carbocycles. The van der Waals surface area contributed by atoms with Crippen LogP contribution in [0.3, 0.4) is 0 Å². The summed E-state index contributed by atoms with van der Waals surface area (Å²) in [5.41, 5.74) is 0. The van der Waals surface area contributed by atoms with Crippen molar-refractivity contribution in [3.63, 3.8) is 0 Å². The summed E-state index contributed by atoms with van der Waals surface area (Å²) >= 11 is 0. The molecule has 0 amide bonds. The average molecular weight is 239 g/mol. The minimum atomic E-state index is 0.105. The summed E-state index contributed by atoms with van der Waals surface area (Å²) in [5.74, 6) is 0.720. The summed E-state index contributed by atoms with van der Waals surface area (Å²) in [5, 5.41) is 3.33. The lowest BCUT2D eigenvalue weighted by Crippen LogP contribution is -2.52. The Bertz CT molecular complexity index is 263. The van der Waals surface area contributed by atoms with Crippen LogP contribution in [-0.2, 0) is 4.79 Å². The Balaban J connectivity index is 1.89. The van der Waals surface area contributed by atoms with Crippen molar-refractivity contribution >= 4 is 5.78 Å². The van der Waals surface area contributed by atoms with Crippen LogP contribution in [0.1, 0.15) is 19.8 Å². The van der Waals surface area contributed by atoms with Crippen molar-refractivity contribution in [2.75, 3.05) is 46.3 Å². The molecule has 98 valence electrons. The maximum absolute atomic E-state index is 12.5. The minimum Gasteiger partial charge on any atom is -0.314 e. The van der Waals surface area contributed by atoms with E-state index < -0.39 is 0 Å². The van der Waals surface area contributed by atoms with E-state index in [-0.39, 0.29) is 12.0 Å². The maximum Gasteiger partial charge on any atom is 0.154 e. The second kappa shape index (κ2) is 5.94. The topological polar surface area (TPSA) is 35.6 Å². The lowest BCUT2D eigenvalue weighted by Gasteiger charge is -2.36. The fourth-order valence-electron chi connectivity index (χ4n) is 2.99. The van der Waals surface area contributed by atoms with E-state index in [1.165, 1.54) is 6.42 Å². The van der Waals surface area contributed by atoms with Crippen LogP contribution in [0.25, 0.3) is 0 Å². The Labute approximate surface area is 104 Å². The Morgan fingerprint density at radius 1 is 1.29 bits per heavy atom. The van der Waals surface area contributed by atoms with Gasteiger partial charge in [0, 0.05) is 38.6 Å². The van der Waals surface area contributed by atoms with Crippen molar-refractivity contribution in [3.05, 3.63) is 0 Å². The largest absolute Gasteiger partial charge is 0.314 e. The van der Waals surface area contributed by atoms with Crippen molar-refractivity contribution in [2.45, 2.75) is 25.8 Å². The third-order valence-corrected chi connectivity index (χ3v) is 4.14. The number of nitrogens with zero attached hydrogens (tertiary/aromatic N) is 2. The van der Waals surface area contributed by atoms with E-state index in [1.54, 1.807) is 0 Å². The Morgan fingerprint density at radius 2 is 2.00 bits per heavy atom. The quantitative estimate of drug-likeness (QED) is 0.763. The molecule has 4 heteroatoms. The van der Waals surface area contributed by atoms with Crippen LogP contribution < -0.4 is 5.32 Å². The van der Waals surface area contributed by atoms with Crippen molar-refractivity contribution < 1.29 is 4.79 Å². The summed E-state index contributed by atoms with van der Waals surface area (Å²) < 4.78 is 0. The van der Waals surface area contributed by atoms with Gasteiger partial charge in [-0.1, -0.05) is 0 Å². The summed E-state index contributed by atoms with van der Waals surface area (Å²) in [6.45, 7) is 8.23. The van der Waals surface area contributed by atoms with Crippen molar-refractivity contribution in [1.29, 1.82) is 0 Å². The maximum atomic E-state index is 12.5. The molecule has 0 aromatic heterocycles. The third kappa shape index (κ3) is 3.27. The van der Waals surface area contributed by atoms with Gasteiger partial charge in [0.2, 0.25) is 0 Å². The van der Waals surface area contributed by atoms with Gasteiger partial charge in [0.15, 0.2) is 5.78 Å². The molecule has 2 rings (SSSR count). The molecule has 2 heterocycles. The standard InChI is InChI=1S/C13H25N3O/c1-11(16-8-5-14-6-9-16)13(17)12-4-3-7-15(2)10-12/h11-12,14H,3-10H2,1-2H3. The van der Waals surface area contributed by atoms with E-state index >= 15 is 0 Å². The lowest BCUT2D eigenvalue weighted by molar-refractivity contribution is -0.129. The highest BCUT2D eigenvalue weighted by Crippen LogP contribution is 2.19. The van der Waals surface area contributed by atoms with Gasteiger partial charge in [0.25, 0.3) is 0 Å². The van der Waals surface area contributed by atoms with Gasteiger partial charge in [-0.25, -0.2) is 0 Å². The van der Waals surface area contributed by atoms with Crippen LogP contribution in [0.4, 0.5) is 0 Å². The van der Waals surface area contributed by atoms with Gasteiger partial charge in [-0.2, -0.15) is 0 Å². The number of likely N-dealkylation sites (tertiary alicyclic amines) is 1. The molecule has 0 aromatic rings. The van der Waals surface area contributed by atoms with E-state index in [4.69, 9.17) is 0 Å². The number of carbonyl (C=O) groups excluding carboxylic acids is 1. The third-order valence-electron chi connectivity index (χ3n) is 4.14. The van der Waals surface area contributed by atoms with Crippen LogP contribution in [-0.4, -0.2) is 67.9 Å². The van der Waals surface area contributed by atoms with Crippen molar-refractivity contribution in [3.8, 4) is 0 Å². The average Bonchev–Trinajstić information content (AvgIpc) is 2.38. The van der Waals surface area contributed by atoms with E-state index in [2.05, 4.69) is 29.1 Å². The highest BCUT2D eigenvalue weighted by molar-refractivity contribution is 5.86. The monoisotopic (exact) mass is 239 g/mol. The first kappa shape index (κ1) is 13.0. The molecule has 2 unspecified atom stereocenters. The number of hydrogen-bond acceptors (Lipinski definition) is 4. The first-order chi connectivity index (χ1) is 8.18. The summed E-state index contributed by atoms with van der Waals surface area (Å²) in [6, 6.07) is 0.105. The van der Waals surface area contributed by atoms with Crippen LogP contribution >= 0.6 is 0 Å². The molecule has 0 radical (unpaired) electrons. The van der Waals surface area contributed by atoms with Crippen LogP contribution in [0.15, 0.2) is 0 Å². The number of nitrogens with one attached hydrogen (secondary N) is 1. The predicted octanol–water partition coefficient (Wildman–Crippen LogP) is 0.191. The van der Waals surface area contributed by atoms with E-state index in [1.807, 2.05) is 0 Å². The van der Waals surface area contributed by atoms with Gasteiger partial charge in [0.1, 0.15) is 0 Å². The van der Waals surface area contributed by atoms with Gasteiger partial charge in [-0.3, -0.25) is 9.69 Å². The minimum absolute atomic E-state index is 0.105. The Kier molecular flexibility index (Phi) is 4.54. The Hall–Kier alpha value is -0.450. The van der Waals surface area contributed by atoms with Gasteiger partial charge in [0.05, 0.1) is 6.04 Å². The van der Waals surface area contributed by atoms with Crippen LogP contribution in [0.2, 0.25) is 0 Å². The zero-order valence-electron chi connectivity index (χ0n) is 11.1. The number of piperidine rings is 1. The molecule has 2 aliphatic rings. The zero-order valence-corrected chi connectivity index (χ0v) is 11.1. The first-order valence-corrected chi connectivity index (χ1v) is 6.85. The molecule has 1 N–H and O–H groups in total. The van der Waals surface area contributed by atoms with E-state index in [0.29, 0.717) is 5.78 Å². The number of rotatable bonds is 3. The number of carbonyl (C=O) groups is 1. The van der Waals surface area contributed by atoms with Crippen molar-refractivity contribution in [1.82, 2.24) is 15.1 Å². The van der Waals surface area contributed by atoms with Crippen molar-refractivity contribution in [2.24, 2.45) is 5.92 Å². The summed E-state index contributed by atoms with van der Waals surface area (Å²) in [7, 11) is 2.12. The van der Waals surface area contributed by atoms with Crippen LogP contribution in [0, 0.1) is 5.92 Å². The summed E-state index contributed by atoms with van der Waals surface area (Å²) in [6.07, 6.45) is 2.25. The lowest BCUT2D eigenvalue weighted by atomic mass is 9.90. The molecule has 2 aliphatic heterocycles.